The van der Waals surface area contributed by atoms with Crippen molar-refractivity contribution in [1.82, 2.24) is 19.4 Å². The van der Waals surface area contributed by atoms with Crippen LogP contribution in [0.1, 0.15) is 10.4 Å². The summed E-state index contributed by atoms with van der Waals surface area (Å²) in [7, 11) is 1.62. The fourth-order valence-corrected chi connectivity index (χ4v) is 5.08. The fraction of sp³-hybridized carbons (Fsp3) is 0.167. The molecule has 1 saturated heterocycles. The summed E-state index contributed by atoms with van der Waals surface area (Å²) in [5, 5.41) is 1.68. The van der Waals surface area contributed by atoms with Crippen LogP contribution < -0.4 is 9.64 Å². The number of methoxy groups -OCH3 is 1. The van der Waals surface area contributed by atoms with E-state index in [4.69, 9.17) is 26.3 Å². The summed E-state index contributed by atoms with van der Waals surface area (Å²) in [5.74, 6) is 1.64. The third-order valence-corrected chi connectivity index (χ3v) is 7.21. The maximum atomic E-state index is 13.1. The number of amides is 1. The number of carbonyl (C=O) groups excluding carboxylic acids is 1. The Morgan fingerprint density at radius 1 is 0.868 bits per heavy atom. The molecule has 2 aromatic heterocycles. The normalized spacial score (nSPS) is 13.6. The second kappa shape index (κ2) is 10.2. The minimum Gasteiger partial charge on any atom is -0.497 e. The Hall–Kier alpha value is -4.36. The minimum atomic E-state index is 0.0269. The third-order valence-electron chi connectivity index (χ3n) is 6.96. The van der Waals surface area contributed by atoms with Gasteiger partial charge in [0, 0.05) is 54.2 Å². The lowest BCUT2D eigenvalue weighted by Gasteiger charge is -2.35. The van der Waals surface area contributed by atoms with Crippen LogP contribution >= 0.6 is 11.6 Å². The third kappa shape index (κ3) is 4.46. The Balaban J connectivity index is 1.34. The lowest BCUT2D eigenvalue weighted by atomic mass is 10.1. The molecule has 0 radical (unpaired) electrons. The number of hydrogen-bond acceptors (Lipinski definition) is 5. The molecule has 3 aromatic carbocycles. The van der Waals surface area contributed by atoms with Gasteiger partial charge in [-0.25, -0.2) is 9.97 Å². The van der Waals surface area contributed by atoms with E-state index in [1.807, 2.05) is 71.6 Å². The van der Waals surface area contributed by atoms with E-state index in [2.05, 4.69) is 27.8 Å². The Labute approximate surface area is 225 Å². The number of piperazine rings is 1. The summed E-state index contributed by atoms with van der Waals surface area (Å²) in [6.07, 6.45) is 3.73. The Morgan fingerprint density at radius 2 is 1.58 bits per heavy atom. The van der Waals surface area contributed by atoms with E-state index in [1.54, 1.807) is 13.4 Å². The number of hydrogen-bond donors (Lipinski definition) is 0. The Bertz CT molecular complexity index is 1580. The molecule has 0 atom stereocenters. The summed E-state index contributed by atoms with van der Waals surface area (Å²) in [5.41, 5.74) is 4.61. The van der Waals surface area contributed by atoms with Crippen molar-refractivity contribution in [1.29, 1.82) is 0 Å². The summed E-state index contributed by atoms with van der Waals surface area (Å²) in [4.78, 5) is 26.7. The van der Waals surface area contributed by atoms with Crippen molar-refractivity contribution in [3.63, 3.8) is 0 Å². The fourth-order valence-electron chi connectivity index (χ4n) is 4.96. The van der Waals surface area contributed by atoms with Crippen molar-refractivity contribution >= 4 is 34.4 Å². The van der Waals surface area contributed by atoms with Gasteiger partial charge in [-0.1, -0.05) is 41.9 Å². The first-order valence-corrected chi connectivity index (χ1v) is 12.9. The predicted molar refractivity (Wildman–Crippen MR) is 150 cm³/mol. The van der Waals surface area contributed by atoms with E-state index in [-0.39, 0.29) is 5.91 Å². The van der Waals surface area contributed by atoms with E-state index >= 15 is 0 Å². The van der Waals surface area contributed by atoms with Gasteiger partial charge >= 0.3 is 0 Å². The second-order valence-electron chi connectivity index (χ2n) is 9.16. The molecule has 7 nitrogen and oxygen atoms in total. The topological polar surface area (TPSA) is 63.5 Å². The number of nitrogens with zero attached hydrogens (tertiary/aromatic N) is 5. The zero-order valence-electron chi connectivity index (χ0n) is 20.9. The molecule has 1 fully saturated rings. The first kappa shape index (κ1) is 24.0. The lowest BCUT2D eigenvalue weighted by molar-refractivity contribution is 0.0746. The number of halogens is 1. The zero-order chi connectivity index (χ0) is 26.1. The molecule has 1 amide bonds. The molecular weight excluding hydrogens is 498 g/mol. The maximum Gasteiger partial charge on any atom is 0.253 e. The van der Waals surface area contributed by atoms with Gasteiger partial charge in [0.25, 0.3) is 5.91 Å². The summed E-state index contributed by atoms with van der Waals surface area (Å²) < 4.78 is 7.30. The number of carbonyl (C=O) groups is 1. The molecule has 0 spiro atoms. The van der Waals surface area contributed by atoms with E-state index < -0.39 is 0 Å². The highest BCUT2D eigenvalue weighted by Crippen LogP contribution is 2.37. The monoisotopic (exact) mass is 523 g/mol. The van der Waals surface area contributed by atoms with Gasteiger partial charge in [-0.3, -0.25) is 4.79 Å². The molecule has 1 aliphatic rings. The first-order valence-electron chi connectivity index (χ1n) is 12.5. The number of anilines is 1. The summed E-state index contributed by atoms with van der Waals surface area (Å²) >= 11 is 6.16. The van der Waals surface area contributed by atoms with Crippen molar-refractivity contribution in [3.8, 4) is 22.6 Å². The molecular formula is C30H26ClN5O2. The molecule has 0 unspecified atom stereocenters. The first-order chi connectivity index (χ1) is 18.6. The quantitative estimate of drug-likeness (QED) is 0.295. The molecule has 190 valence electrons. The van der Waals surface area contributed by atoms with Gasteiger partial charge < -0.3 is 19.1 Å². The average Bonchev–Trinajstić information content (AvgIpc) is 3.38. The molecule has 0 saturated carbocycles. The molecule has 1 aliphatic heterocycles. The molecule has 3 heterocycles. The van der Waals surface area contributed by atoms with Gasteiger partial charge in [-0.05, 0) is 54.1 Å². The lowest BCUT2D eigenvalue weighted by Crippen LogP contribution is -2.49. The van der Waals surface area contributed by atoms with Gasteiger partial charge in [0.15, 0.2) is 5.65 Å². The van der Waals surface area contributed by atoms with Crippen molar-refractivity contribution in [3.05, 3.63) is 102 Å². The van der Waals surface area contributed by atoms with Crippen molar-refractivity contribution in [2.45, 2.75) is 0 Å². The Morgan fingerprint density at radius 3 is 2.26 bits per heavy atom. The number of aromatic nitrogens is 3. The second-order valence-corrected chi connectivity index (χ2v) is 9.60. The van der Waals surface area contributed by atoms with E-state index in [0.29, 0.717) is 36.8 Å². The van der Waals surface area contributed by atoms with Crippen molar-refractivity contribution in [2.75, 3.05) is 38.2 Å². The van der Waals surface area contributed by atoms with Crippen LogP contribution in [0, 0.1) is 0 Å². The average molecular weight is 524 g/mol. The number of ether oxygens (including phenoxy) is 1. The smallest absolute Gasteiger partial charge is 0.253 e. The van der Waals surface area contributed by atoms with Crippen molar-refractivity contribution in [2.24, 2.45) is 0 Å². The molecule has 5 aromatic rings. The van der Waals surface area contributed by atoms with Crippen LogP contribution in [-0.2, 0) is 0 Å². The SMILES string of the molecule is COc1ccc(C(=O)N2CCN(c3ncnc4c3c(-c3ccccc3)cn4-c3ccc(Cl)cc3)CC2)cc1. The summed E-state index contributed by atoms with van der Waals surface area (Å²) in [6, 6.07) is 25.3. The van der Waals surface area contributed by atoms with Crippen LogP contribution in [0.15, 0.2) is 91.4 Å². The van der Waals surface area contributed by atoms with Gasteiger partial charge in [-0.2, -0.15) is 0 Å². The molecule has 8 heteroatoms. The van der Waals surface area contributed by atoms with Crippen LogP contribution in [0.25, 0.3) is 27.8 Å². The molecule has 0 bridgehead atoms. The van der Waals surface area contributed by atoms with E-state index in [0.717, 1.165) is 39.4 Å². The maximum absolute atomic E-state index is 13.1. The van der Waals surface area contributed by atoms with E-state index in [1.165, 1.54) is 0 Å². The molecule has 6 rings (SSSR count). The van der Waals surface area contributed by atoms with Gasteiger partial charge in [0.1, 0.15) is 17.9 Å². The van der Waals surface area contributed by atoms with Gasteiger partial charge in [0.05, 0.1) is 12.5 Å². The zero-order valence-corrected chi connectivity index (χ0v) is 21.7. The number of rotatable bonds is 5. The van der Waals surface area contributed by atoms with Crippen LogP contribution in [0.4, 0.5) is 5.82 Å². The highest BCUT2D eigenvalue weighted by molar-refractivity contribution is 6.30. The number of fused-ring (bicyclic) bond motifs is 1. The molecule has 38 heavy (non-hydrogen) atoms. The van der Waals surface area contributed by atoms with E-state index in [9.17, 15) is 4.79 Å². The highest BCUT2D eigenvalue weighted by atomic mass is 35.5. The Kier molecular flexibility index (Phi) is 6.43. The minimum absolute atomic E-state index is 0.0269. The van der Waals surface area contributed by atoms with Crippen LogP contribution in [0.5, 0.6) is 5.75 Å². The van der Waals surface area contributed by atoms with Crippen LogP contribution in [0.2, 0.25) is 5.02 Å². The summed E-state index contributed by atoms with van der Waals surface area (Å²) in [6.45, 7) is 2.56. The van der Waals surface area contributed by atoms with Crippen LogP contribution in [-0.4, -0.2) is 58.6 Å². The van der Waals surface area contributed by atoms with Crippen molar-refractivity contribution < 1.29 is 9.53 Å². The van der Waals surface area contributed by atoms with Crippen LogP contribution in [0.3, 0.4) is 0 Å². The van der Waals surface area contributed by atoms with Gasteiger partial charge in [-0.15, -0.1) is 0 Å². The number of benzene rings is 3. The molecule has 0 N–H and O–H groups in total. The largest absolute Gasteiger partial charge is 0.497 e. The standard InChI is InChI=1S/C30H26ClN5O2/c1-38-25-13-7-22(8-14-25)30(37)35-17-15-34(16-18-35)28-27-26(21-5-3-2-4-6-21)19-36(29(27)33-20-32-28)24-11-9-23(31)10-12-24/h2-14,19-20H,15-18H2,1H3. The highest BCUT2D eigenvalue weighted by Gasteiger charge is 2.26. The predicted octanol–water partition coefficient (Wildman–Crippen LogP) is 5.71. The van der Waals surface area contributed by atoms with Gasteiger partial charge in [0.2, 0.25) is 0 Å². The molecule has 0 aliphatic carbocycles.